The molecule has 8 nitrogen and oxygen atoms in total. The highest BCUT2D eigenvalue weighted by Crippen LogP contribution is 2.53. The van der Waals surface area contributed by atoms with Crippen LogP contribution in [0.1, 0.15) is 0 Å². The van der Waals surface area contributed by atoms with E-state index in [1.54, 1.807) is 0 Å². The van der Waals surface area contributed by atoms with Crippen LogP contribution in [-0.4, -0.2) is 38.2 Å². The normalized spacial score (nSPS) is 12.0. The number of benzene rings is 9. The van der Waals surface area contributed by atoms with Crippen molar-refractivity contribution in [1.82, 2.24) is 38.2 Å². The number of hydrogen-bond acceptors (Lipinski definition) is 4. The van der Waals surface area contributed by atoms with Crippen LogP contribution < -0.4 is 0 Å². The van der Waals surface area contributed by atoms with Gasteiger partial charge in [0.2, 0.25) is 0 Å². The van der Waals surface area contributed by atoms with Crippen molar-refractivity contribution in [3.63, 3.8) is 0 Å². The summed E-state index contributed by atoms with van der Waals surface area (Å²) in [5, 5.41) is 9.08. The lowest BCUT2D eigenvalue weighted by Crippen LogP contribution is -2.17. The second-order valence-electron chi connectivity index (χ2n) is 17.8. The van der Waals surface area contributed by atoms with Gasteiger partial charge in [-0.25, -0.2) is 19.9 Å². The molecule has 9 aromatic carbocycles. The van der Waals surface area contributed by atoms with Crippen LogP contribution in [0.5, 0.6) is 0 Å². The maximum absolute atomic E-state index is 5.29. The number of nitrogens with zero attached hydrogens (tertiary/aromatic N) is 8. The van der Waals surface area contributed by atoms with Gasteiger partial charge in [0, 0.05) is 67.9 Å². The van der Waals surface area contributed by atoms with Crippen molar-refractivity contribution < 1.29 is 0 Å². The molecule has 6 aromatic heterocycles. The summed E-state index contributed by atoms with van der Waals surface area (Å²) in [5.41, 5.74) is 13.6. The van der Waals surface area contributed by atoms with Crippen molar-refractivity contribution in [1.29, 1.82) is 0 Å². The molecule has 0 aliphatic heterocycles. The average molecular weight is 895 g/mol. The quantitative estimate of drug-likeness (QED) is 0.167. The molecule has 0 atom stereocenters. The minimum Gasteiger partial charge on any atom is -0.308 e. The van der Waals surface area contributed by atoms with Gasteiger partial charge in [-0.3, -0.25) is 0 Å². The zero-order valence-corrected chi connectivity index (χ0v) is 37.5. The first-order chi connectivity index (χ1) is 34.8. The molecule has 0 bridgehead atoms. The number of rotatable bonds is 6. The Kier molecular flexibility index (Phi) is 8.20. The summed E-state index contributed by atoms with van der Waals surface area (Å²) in [6.45, 7) is 0. The van der Waals surface area contributed by atoms with Crippen LogP contribution in [0.25, 0.3) is 133 Å². The smallest absolute Gasteiger partial charge is 0.163 e. The molecule has 0 aliphatic rings. The van der Waals surface area contributed by atoms with Crippen LogP contribution in [0.15, 0.2) is 231 Å². The van der Waals surface area contributed by atoms with Crippen LogP contribution in [-0.2, 0) is 0 Å². The number of aromatic nitrogens is 8. The Hall–Kier alpha value is -9.66. The van der Waals surface area contributed by atoms with Gasteiger partial charge in [0.15, 0.2) is 11.6 Å². The van der Waals surface area contributed by atoms with Crippen molar-refractivity contribution >= 4 is 87.2 Å². The highest BCUT2D eigenvalue weighted by molar-refractivity contribution is 6.18. The van der Waals surface area contributed by atoms with E-state index in [2.05, 4.69) is 212 Å². The van der Waals surface area contributed by atoms with E-state index in [4.69, 9.17) is 19.9 Å². The van der Waals surface area contributed by atoms with Crippen LogP contribution in [0.3, 0.4) is 0 Å². The summed E-state index contributed by atoms with van der Waals surface area (Å²) in [5.74, 6) is 1.12. The summed E-state index contributed by atoms with van der Waals surface area (Å²) in [6.07, 6.45) is 7.42. The Balaban J connectivity index is 1.35. The maximum atomic E-state index is 5.29. The first kappa shape index (κ1) is 38.4. The molecule has 6 heterocycles. The van der Waals surface area contributed by atoms with Crippen LogP contribution in [0.2, 0.25) is 0 Å². The third kappa shape index (κ3) is 5.29. The minimum absolute atomic E-state index is 0.559. The predicted molar refractivity (Wildman–Crippen MR) is 286 cm³/mol. The van der Waals surface area contributed by atoms with Gasteiger partial charge >= 0.3 is 0 Å². The third-order valence-corrected chi connectivity index (χ3v) is 14.2. The Morgan fingerprint density at radius 1 is 0.200 bits per heavy atom. The number of para-hydroxylation sites is 8. The largest absolute Gasteiger partial charge is 0.308 e. The molecule has 0 unspecified atom stereocenters. The highest BCUT2D eigenvalue weighted by atomic mass is 15.1. The van der Waals surface area contributed by atoms with E-state index >= 15 is 0 Å². The molecule has 8 heteroatoms. The fourth-order valence-electron chi connectivity index (χ4n) is 11.5. The number of fused-ring (bicyclic) bond motifs is 12. The van der Waals surface area contributed by atoms with Gasteiger partial charge in [-0.2, -0.15) is 0 Å². The van der Waals surface area contributed by atoms with Crippen molar-refractivity contribution in [2.24, 2.45) is 0 Å². The second kappa shape index (κ2) is 14.9. The maximum Gasteiger partial charge on any atom is 0.163 e. The molecular weight excluding hydrogens is 857 g/mol. The second-order valence-corrected chi connectivity index (χ2v) is 17.8. The van der Waals surface area contributed by atoms with E-state index in [1.165, 1.54) is 0 Å². The topological polar surface area (TPSA) is 71.3 Å². The first-order valence-electron chi connectivity index (χ1n) is 23.6. The van der Waals surface area contributed by atoms with Crippen LogP contribution in [0.4, 0.5) is 0 Å². The van der Waals surface area contributed by atoms with E-state index in [0.717, 1.165) is 121 Å². The van der Waals surface area contributed by atoms with Gasteiger partial charge in [0.1, 0.15) is 0 Å². The molecule has 0 spiro atoms. The average Bonchev–Trinajstić information content (AvgIpc) is 4.16. The van der Waals surface area contributed by atoms with Crippen LogP contribution in [0, 0.1) is 0 Å². The van der Waals surface area contributed by atoms with E-state index in [0.29, 0.717) is 11.6 Å². The summed E-state index contributed by atoms with van der Waals surface area (Å²) in [7, 11) is 0. The molecule has 0 fully saturated rings. The molecule has 70 heavy (non-hydrogen) atoms. The van der Waals surface area contributed by atoms with Crippen molar-refractivity contribution in [3.05, 3.63) is 231 Å². The Morgan fingerprint density at radius 2 is 0.400 bits per heavy atom. The molecule has 0 saturated carbocycles. The van der Waals surface area contributed by atoms with Crippen molar-refractivity contribution in [3.8, 4) is 45.5 Å². The van der Waals surface area contributed by atoms with Crippen molar-refractivity contribution in [2.75, 3.05) is 0 Å². The van der Waals surface area contributed by atoms with Gasteiger partial charge in [-0.15, -0.1) is 0 Å². The highest BCUT2D eigenvalue weighted by Gasteiger charge is 2.36. The molecule has 0 N–H and O–H groups in total. The van der Waals surface area contributed by atoms with Gasteiger partial charge in [0.25, 0.3) is 0 Å². The molecule has 0 amide bonds. The monoisotopic (exact) mass is 894 g/mol. The van der Waals surface area contributed by atoms with E-state index in [9.17, 15) is 0 Å². The van der Waals surface area contributed by atoms with E-state index < -0.39 is 0 Å². The third-order valence-electron chi connectivity index (χ3n) is 14.2. The van der Waals surface area contributed by atoms with E-state index in [-0.39, 0.29) is 0 Å². The fourth-order valence-corrected chi connectivity index (χ4v) is 11.5. The minimum atomic E-state index is 0.559. The SMILES string of the molecule is c1cnc(-c2c(-n3c4ccccc4c4ccccc43)c(-c3ncccn3)c(-n3c4ccccc4c4ccccc43)c(-n3c4ccccc4c4ccccc43)c2-n2c3ccccc3c3ccccc32)nc1. The fraction of sp³-hybridized carbons (Fsp3) is 0. The lowest BCUT2D eigenvalue weighted by Gasteiger charge is -2.30. The zero-order valence-electron chi connectivity index (χ0n) is 37.5. The lowest BCUT2D eigenvalue weighted by atomic mass is 9.96. The summed E-state index contributed by atoms with van der Waals surface area (Å²) in [4.78, 5) is 21.2. The van der Waals surface area contributed by atoms with Crippen LogP contribution >= 0.6 is 0 Å². The Morgan fingerprint density at radius 3 is 0.643 bits per heavy atom. The molecule has 0 saturated heterocycles. The Labute approximate surface area is 400 Å². The summed E-state index contributed by atoms with van der Waals surface area (Å²) in [6, 6.07) is 73.8. The van der Waals surface area contributed by atoms with Gasteiger partial charge in [0.05, 0.1) is 78.0 Å². The standard InChI is InChI=1S/C62H38N8/c1-9-27-47-39(19-1)40-20-2-10-28-48(40)67(47)57-55(61-63-35-17-36-64-61)58(68-49-29-11-3-21-41(49)42-22-4-12-30-50(42)68)60(70-53-33-15-7-25-45(53)46-26-8-16-34-54(46)70)59(56(57)62-65-37-18-38-66-62)69-51-31-13-5-23-43(51)44-24-6-14-32-52(44)69/h1-38H. The Bertz CT molecular complexity index is 4200. The van der Waals surface area contributed by atoms with E-state index in [1.807, 2.05) is 36.9 Å². The lowest BCUT2D eigenvalue weighted by molar-refractivity contribution is 1.02. The molecule has 15 aromatic rings. The number of hydrogen-bond donors (Lipinski definition) is 0. The van der Waals surface area contributed by atoms with Gasteiger partial charge < -0.3 is 18.3 Å². The predicted octanol–water partition coefficient (Wildman–Crippen LogP) is 15.0. The zero-order chi connectivity index (χ0) is 45.9. The van der Waals surface area contributed by atoms with Crippen molar-refractivity contribution in [2.45, 2.75) is 0 Å². The molecule has 0 aliphatic carbocycles. The molecule has 326 valence electrons. The molecule has 0 radical (unpaired) electrons. The molecule has 15 rings (SSSR count). The molecular formula is C62H38N8. The van der Waals surface area contributed by atoms with Gasteiger partial charge in [-0.1, -0.05) is 146 Å². The van der Waals surface area contributed by atoms with Gasteiger partial charge in [-0.05, 0) is 60.7 Å². The first-order valence-corrected chi connectivity index (χ1v) is 23.6. The summed E-state index contributed by atoms with van der Waals surface area (Å²) >= 11 is 0. The summed E-state index contributed by atoms with van der Waals surface area (Å²) < 4.78 is 9.85.